The molecule has 0 saturated carbocycles. The lowest BCUT2D eigenvalue weighted by molar-refractivity contribution is 0.475. The average Bonchev–Trinajstić information content (AvgIpc) is 2.73. The Morgan fingerprint density at radius 1 is 1.15 bits per heavy atom. The molecule has 4 nitrogen and oxygen atoms in total. The van der Waals surface area contributed by atoms with Crippen LogP contribution in [0, 0.1) is 0 Å². The SMILES string of the molecule is Cn1cc(CNCc2ccc(O)cc2)c(C(C)(C)C)n1. The van der Waals surface area contributed by atoms with Gasteiger partial charge in [-0.2, -0.15) is 5.10 Å². The molecule has 4 heteroatoms. The molecule has 108 valence electrons. The summed E-state index contributed by atoms with van der Waals surface area (Å²) < 4.78 is 1.87. The fraction of sp³-hybridized carbons (Fsp3) is 0.438. The fourth-order valence-corrected chi connectivity index (χ4v) is 2.25. The highest BCUT2D eigenvalue weighted by Crippen LogP contribution is 2.24. The third-order valence-corrected chi connectivity index (χ3v) is 3.20. The smallest absolute Gasteiger partial charge is 0.115 e. The number of aryl methyl sites for hydroxylation is 1. The van der Waals surface area contributed by atoms with Crippen LogP contribution in [-0.2, 0) is 25.6 Å². The Bertz CT molecular complexity index is 564. The largest absolute Gasteiger partial charge is 0.508 e. The maximum atomic E-state index is 9.26. The predicted octanol–water partition coefficient (Wildman–Crippen LogP) is 2.71. The van der Waals surface area contributed by atoms with Gasteiger partial charge in [0.1, 0.15) is 5.75 Å². The van der Waals surface area contributed by atoms with E-state index < -0.39 is 0 Å². The number of nitrogens with one attached hydrogen (secondary N) is 1. The molecular weight excluding hydrogens is 250 g/mol. The third-order valence-electron chi connectivity index (χ3n) is 3.20. The number of hydrogen-bond donors (Lipinski definition) is 2. The van der Waals surface area contributed by atoms with E-state index in [1.807, 2.05) is 23.9 Å². The number of rotatable bonds is 4. The Balaban J connectivity index is 1.99. The van der Waals surface area contributed by atoms with Crippen molar-refractivity contribution in [3.8, 4) is 5.75 Å². The number of phenolic OH excluding ortho intramolecular Hbond substituents is 1. The summed E-state index contributed by atoms with van der Waals surface area (Å²) in [5, 5.41) is 17.2. The summed E-state index contributed by atoms with van der Waals surface area (Å²) in [5.74, 6) is 0.302. The van der Waals surface area contributed by atoms with Crippen molar-refractivity contribution >= 4 is 0 Å². The summed E-state index contributed by atoms with van der Waals surface area (Å²) in [4.78, 5) is 0. The second-order valence-corrected chi connectivity index (χ2v) is 6.20. The molecule has 2 rings (SSSR count). The monoisotopic (exact) mass is 273 g/mol. The summed E-state index contributed by atoms with van der Waals surface area (Å²) in [6.45, 7) is 8.11. The topological polar surface area (TPSA) is 50.1 Å². The van der Waals surface area contributed by atoms with E-state index in [0.29, 0.717) is 5.75 Å². The Hall–Kier alpha value is -1.81. The summed E-state index contributed by atoms with van der Waals surface area (Å²) in [6.07, 6.45) is 2.07. The van der Waals surface area contributed by atoms with Crippen molar-refractivity contribution in [2.24, 2.45) is 7.05 Å². The molecule has 20 heavy (non-hydrogen) atoms. The lowest BCUT2D eigenvalue weighted by atomic mass is 9.89. The zero-order valence-electron chi connectivity index (χ0n) is 12.6. The van der Waals surface area contributed by atoms with Crippen LogP contribution in [-0.4, -0.2) is 14.9 Å². The van der Waals surface area contributed by atoms with Gasteiger partial charge < -0.3 is 10.4 Å². The Morgan fingerprint density at radius 3 is 2.40 bits per heavy atom. The van der Waals surface area contributed by atoms with Crippen molar-refractivity contribution in [1.29, 1.82) is 0 Å². The van der Waals surface area contributed by atoms with Crippen molar-refractivity contribution in [1.82, 2.24) is 15.1 Å². The zero-order valence-corrected chi connectivity index (χ0v) is 12.6. The molecule has 1 heterocycles. The number of nitrogens with zero attached hydrogens (tertiary/aromatic N) is 2. The van der Waals surface area contributed by atoms with E-state index in [9.17, 15) is 5.11 Å². The van der Waals surface area contributed by atoms with Crippen molar-refractivity contribution < 1.29 is 5.11 Å². The van der Waals surface area contributed by atoms with Crippen LogP contribution in [0.4, 0.5) is 0 Å². The number of aromatic nitrogens is 2. The first-order chi connectivity index (χ1) is 9.36. The van der Waals surface area contributed by atoms with Crippen LogP contribution in [0.5, 0.6) is 5.75 Å². The summed E-state index contributed by atoms with van der Waals surface area (Å²) in [7, 11) is 1.96. The molecule has 0 atom stereocenters. The molecule has 1 aromatic carbocycles. The van der Waals surface area contributed by atoms with Gasteiger partial charge in [0, 0.05) is 37.3 Å². The maximum Gasteiger partial charge on any atom is 0.115 e. The molecule has 0 amide bonds. The first-order valence-electron chi connectivity index (χ1n) is 6.88. The van der Waals surface area contributed by atoms with Crippen LogP contribution in [0.1, 0.15) is 37.6 Å². The Labute approximate surface area is 120 Å². The van der Waals surface area contributed by atoms with E-state index in [-0.39, 0.29) is 5.41 Å². The van der Waals surface area contributed by atoms with E-state index >= 15 is 0 Å². The van der Waals surface area contributed by atoms with Gasteiger partial charge in [0.05, 0.1) is 5.69 Å². The number of hydrogen-bond acceptors (Lipinski definition) is 3. The summed E-state index contributed by atoms with van der Waals surface area (Å²) >= 11 is 0. The molecule has 2 N–H and O–H groups in total. The third kappa shape index (κ3) is 3.61. The lowest BCUT2D eigenvalue weighted by Crippen LogP contribution is -2.19. The molecule has 0 bridgehead atoms. The molecule has 0 spiro atoms. The number of phenols is 1. The van der Waals surface area contributed by atoms with Gasteiger partial charge in [0.15, 0.2) is 0 Å². The summed E-state index contributed by atoms with van der Waals surface area (Å²) in [6, 6.07) is 7.27. The molecule has 0 aliphatic heterocycles. The number of benzene rings is 1. The van der Waals surface area contributed by atoms with Crippen LogP contribution in [0.2, 0.25) is 0 Å². The standard InChI is InChI=1S/C16H23N3O/c1-16(2,3)15-13(11-19(4)18-15)10-17-9-12-5-7-14(20)8-6-12/h5-8,11,17,20H,9-10H2,1-4H3. The normalized spacial score (nSPS) is 11.8. The van der Waals surface area contributed by atoms with Crippen molar-refractivity contribution in [2.45, 2.75) is 39.3 Å². The van der Waals surface area contributed by atoms with E-state index in [1.165, 1.54) is 5.56 Å². The second kappa shape index (κ2) is 5.67. The fourth-order valence-electron chi connectivity index (χ4n) is 2.25. The van der Waals surface area contributed by atoms with Gasteiger partial charge in [-0.15, -0.1) is 0 Å². The second-order valence-electron chi connectivity index (χ2n) is 6.20. The molecule has 1 aromatic heterocycles. The van der Waals surface area contributed by atoms with Gasteiger partial charge in [-0.05, 0) is 17.7 Å². The minimum atomic E-state index is 0.0524. The van der Waals surface area contributed by atoms with Gasteiger partial charge in [0.2, 0.25) is 0 Å². The molecule has 0 aliphatic rings. The molecule has 0 radical (unpaired) electrons. The van der Waals surface area contributed by atoms with Gasteiger partial charge >= 0.3 is 0 Å². The number of aromatic hydroxyl groups is 1. The molecule has 0 fully saturated rings. The maximum absolute atomic E-state index is 9.26. The quantitative estimate of drug-likeness (QED) is 0.900. The van der Waals surface area contributed by atoms with Crippen molar-refractivity contribution in [3.63, 3.8) is 0 Å². The molecular formula is C16H23N3O. The highest BCUT2D eigenvalue weighted by Gasteiger charge is 2.21. The first-order valence-corrected chi connectivity index (χ1v) is 6.88. The van der Waals surface area contributed by atoms with Crippen LogP contribution in [0.15, 0.2) is 30.5 Å². The van der Waals surface area contributed by atoms with Crippen LogP contribution in [0.25, 0.3) is 0 Å². The van der Waals surface area contributed by atoms with E-state index in [0.717, 1.165) is 24.3 Å². The highest BCUT2D eigenvalue weighted by atomic mass is 16.3. The van der Waals surface area contributed by atoms with Crippen molar-refractivity contribution in [3.05, 3.63) is 47.3 Å². The van der Waals surface area contributed by atoms with E-state index in [2.05, 4.69) is 37.4 Å². The van der Waals surface area contributed by atoms with Gasteiger partial charge in [0.25, 0.3) is 0 Å². The Kier molecular flexibility index (Phi) is 4.14. The van der Waals surface area contributed by atoms with E-state index in [4.69, 9.17) is 0 Å². The van der Waals surface area contributed by atoms with E-state index in [1.54, 1.807) is 12.1 Å². The van der Waals surface area contributed by atoms with Gasteiger partial charge in [-0.1, -0.05) is 32.9 Å². The zero-order chi connectivity index (χ0) is 14.8. The molecule has 0 unspecified atom stereocenters. The lowest BCUT2D eigenvalue weighted by Gasteiger charge is -2.17. The minimum absolute atomic E-state index is 0.0524. The minimum Gasteiger partial charge on any atom is -0.508 e. The predicted molar refractivity (Wildman–Crippen MR) is 80.6 cm³/mol. The van der Waals surface area contributed by atoms with Gasteiger partial charge in [-0.3, -0.25) is 4.68 Å². The molecule has 0 saturated heterocycles. The van der Waals surface area contributed by atoms with Crippen LogP contribution in [0.3, 0.4) is 0 Å². The van der Waals surface area contributed by atoms with Crippen LogP contribution >= 0.6 is 0 Å². The van der Waals surface area contributed by atoms with Gasteiger partial charge in [-0.25, -0.2) is 0 Å². The first kappa shape index (κ1) is 14.6. The van der Waals surface area contributed by atoms with Crippen LogP contribution < -0.4 is 5.32 Å². The molecule has 0 aliphatic carbocycles. The highest BCUT2D eigenvalue weighted by molar-refractivity contribution is 5.26. The van der Waals surface area contributed by atoms with Crippen molar-refractivity contribution in [2.75, 3.05) is 0 Å². The summed E-state index contributed by atoms with van der Waals surface area (Å²) in [5.41, 5.74) is 3.58. The Morgan fingerprint density at radius 2 is 1.80 bits per heavy atom. The average molecular weight is 273 g/mol. The molecule has 2 aromatic rings.